The van der Waals surface area contributed by atoms with E-state index in [1.54, 1.807) is 10.7 Å². The number of aromatic nitrogens is 2. The summed E-state index contributed by atoms with van der Waals surface area (Å²) in [4.78, 5) is 12.0. The largest absolute Gasteiger partial charge is 0.493 e. The summed E-state index contributed by atoms with van der Waals surface area (Å²) in [5, 5.41) is 4.43. The number of benzene rings is 2. The summed E-state index contributed by atoms with van der Waals surface area (Å²) in [6.07, 6.45) is 0. The second-order valence-electron chi connectivity index (χ2n) is 6.39. The average molecular weight is 350 g/mol. The molecule has 26 heavy (non-hydrogen) atoms. The number of esters is 1. The van der Waals surface area contributed by atoms with E-state index in [0.29, 0.717) is 12.5 Å². The Balaban J connectivity index is 2.05. The molecule has 5 heteroatoms. The van der Waals surface area contributed by atoms with Crippen molar-refractivity contribution in [3.8, 4) is 22.7 Å². The van der Waals surface area contributed by atoms with Crippen molar-refractivity contribution in [2.75, 3.05) is 13.7 Å². The van der Waals surface area contributed by atoms with Gasteiger partial charge in [0, 0.05) is 5.56 Å². The SMILES string of the molecule is COC(=O)c1cc(-c2cccc(OCC(C)C)c2)n(-c2ccccc2)n1. The maximum absolute atomic E-state index is 12.0. The Morgan fingerprint density at radius 2 is 1.85 bits per heavy atom. The highest BCUT2D eigenvalue weighted by Gasteiger charge is 2.17. The van der Waals surface area contributed by atoms with Crippen molar-refractivity contribution < 1.29 is 14.3 Å². The molecule has 0 amide bonds. The van der Waals surface area contributed by atoms with Crippen LogP contribution in [0, 0.1) is 5.92 Å². The van der Waals surface area contributed by atoms with Gasteiger partial charge >= 0.3 is 5.97 Å². The average Bonchev–Trinajstić information content (AvgIpc) is 3.12. The predicted molar refractivity (Wildman–Crippen MR) is 101 cm³/mol. The fourth-order valence-corrected chi connectivity index (χ4v) is 2.57. The lowest BCUT2D eigenvalue weighted by Crippen LogP contribution is -2.05. The van der Waals surface area contributed by atoms with E-state index >= 15 is 0 Å². The standard InChI is InChI=1S/C21H22N2O3/c1-15(2)14-26-18-11-7-8-16(12-18)20-13-19(21(24)25-3)22-23(20)17-9-5-4-6-10-17/h4-13,15H,14H2,1-3H3. The second-order valence-corrected chi connectivity index (χ2v) is 6.39. The summed E-state index contributed by atoms with van der Waals surface area (Å²) < 4.78 is 12.4. The Morgan fingerprint density at radius 3 is 2.54 bits per heavy atom. The Labute approximate surface area is 153 Å². The Hall–Kier alpha value is -3.08. The minimum Gasteiger partial charge on any atom is -0.493 e. The van der Waals surface area contributed by atoms with Crippen LogP contribution in [0.4, 0.5) is 0 Å². The number of methoxy groups -OCH3 is 1. The molecule has 0 unspecified atom stereocenters. The Morgan fingerprint density at radius 1 is 1.08 bits per heavy atom. The molecule has 2 aromatic carbocycles. The second kappa shape index (κ2) is 7.87. The maximum atomic E-state index is 12.0. The molecule has 1 heterocycles. The zero-order valence-corrected chi connectivity index (χ0v) is 15.2. The van der Waals surface area contributed by atoms with Gasteiger partial charge in [-0.3, -0.25) is 0 Å². The van der Waals surface area contributed by atoms with E-state index in [-0.39, 0.29) is 5.69 Å². The molecule has 5 nitrogen and oxygen atoms in total. The first-order valence-corrected chi connectivity index (χ1v) is 8.55. The van der Waals surface area contributed by atoms with E-state index in [9.17, 15) is 4.79 Å². The van der Waals surface area contributed by atoms with E-state index in [0.717, 1.165) is 22.7 Å². The zero-order valence-electron chi connectivity index (χ0n) is 15.2. The number of hydrogen-bond donors (Lipinski definition) is 0. The van der Waals surface area contributed by atoms with Crippen molar-refractivity contribution in [2.24, 2.45) is 5.92 Å². The molecule has 0 saturated carbocycles. The van der Waals surface area contributed by atoms with Gasteiger partial charge in [0.1, 0.15) is 5.75 Å². The van der Waals surface area contributed by atoms with Crippen LogP contribution in [-0.2, 0) is 4.74 Å². The minimum absolute atomic E-state index is 0.264. The van der Waals surface area contributed by atoms with Crippen LogP contribution >= 0.6 is 0 Å². The fraction of sp³-hybridized carbons (Fsp3) is 0.238. The Bertz CT molecular complexity index is 885. The number of rotatable bonds is 6. The van der Waals surface area contributed by atoms with Crippen LogP contribution in [0.1, 0.15) is 24.3 Å². The van der Waals surface area contributed by atoms with Gasteiger partial charge < -0.3 is 9.47 Å². The van der Waals surface area contributed by atoms with Crippen LogP contribution in [0.5, 0.6) is 5.75 Å². The van der Waals surface area contributed by atoms with E-state index in [2.05, 4.69) is 18.9 Å². The molecule has 0 bridgehead atoms. The van der Waals surface area contributed by atoms with Crippen molar-refractivity contribution in [2.45, 2.75) is 13.8 Å². The van der Waals surface area contributed by atoms with Gasteiger partial charge in [0.25, 0.3) is 0 Å². The van der Waals surface area contributed by atoms with Crippen LogP contribution in [0.15, 0.2) is 60.7 Å². The highest BCUT2D eigenvalue weighted by molar-refractivity contribution is 5.89. The predicted octanol–water partition coefficient (Wildman–Crippen LogP) is 4.36. The highest BCUT2D eigenvalue weighted by atomic mass is 16.5. The summed E-state index contributed by atoms with van der Waals surface area (Å²) in [6.45, 7) is 4.86. The van der Waals surface area contributed by atoms with Gasteiger partial charge in [0.05, 0.1) is 25.1 Å². The third-order valence-corrected chi connectivity index (χ3v) is 3.82. The molecule has 0 atom stereocenters. The fourth-order valence-electron chi connectivity index (χ4n) is 2.57. The minimum atomic E-state index is -0.465. The topological polar surface area (TPSA) is 53.4 Å². The maximum Gasteiger partial charge on any atom is 0.358 e. The first-order chi connectivity index (χ1) is 12.6. The van der Waals surface area contributed by atoms with Crippen LogP contribution in [0.3, 0.4) is 0 Å². The molecular weight excluding hydrogens is 328 g/mol. The monoisotopic (exact) mass is 350 g/mol. The summed E-state index contributed by atoms with van der Waals surface area (Å²) in [6, 6.07) is 19.2. The van der Waals surface area contributed by atoms with E-state index in [1.165, 1.54) is 7.11 Å². The number of para-hydroxylation sites is 1. The van der Waals surface area contributed by atoms with Gasteiger partial charge in [-0.2, -0.15) is 5.10 Å². The van der Waals surface area contributed by atoms with Crippen LogP contribution in [0.2, 0.25) is 0 Å². The lowest BCUT2D eigenvalue weighted by Gasteiger charge is -2.11. The molecule has 3 aromatic rings. The molecule has 0 saturated heterocycles. The van der Waals surface area contributed by atoms with E-state index in [1.807, 2.05) is 54.6 Å². The summed E-state index contributed by atoms with van der Waals surface area (Å²) in [5.74, 6) is 0.768. The van der Waals surface area contributed by atoms with Gasteiger partial charge in [0.2, 0.25) is 0 Å². The number of nitrogens with zero attached hydrogens (tertiary/aromatic N) is 2. The molecule has 0 N–H and O–H groups in total. The van der Waals surface area contributed by atoms with Crippen molar-refractivity contribution in [1.82, 2.24) is 9.78 Å². The molecular formula is C21H22N2O3. The van der Waals surface area contributed by atoms with Crippen molar-refractivity contribution >= 4 is 5.97 Å². The van der Waals surface area contributed by atoms with Gasteiger partial charge in [-0.1, -0.05) is 44.2 Å². The van der Waals surface area contributed by atoms with Crippen molar-refractivity contribution in [3.63, 3.8) is 0 Å². The van der Waals surface area contributed by atoms with Crippen LogP contribution in [0.25, 0.3) is 16.9 Å². The van der Waals surface area contributed by atoms with Crippen molar-refractivity contribution in [3.05, 3.63) is 66.4 Å². The molecule has 3 rings (SSSR count). The van der Waals surface area contributed by atoms with Gasteiger partial charge in [-0.15, -0.1) is 0 Å². The first kappa shape index (κ1) is 17.7. The first-order valence-electron chi connectivity index (χ1n) is 8.55. The third-order valence-electron chi connectivity index (χ3n) is 3.82. The smallest absolute Gasteiger partial charge is 0.358 e. The number of carbonyl (C=O) groups excluding carboxylic acids is 1. The lowest BCUT2D eigenvalue weighted by atomic mass is 10.1. The van der Waals surface area contributed by atoms with E-state index < -0.39 is 5.97 Å². The van der Waals surface area contributed by atoms with E-state index in [4.69, 9.17) is 9.47 Å². The molecule has 0 spiro atoms. The third kappa shape index (κ3) is 3.94. The molecule has 1 aromatic heterocycles. The number of carbonyl (C=O) groups is 1. The molecule has 0 aliphatic rings. The molecule has 134 valence electrons. The summed E-state index contributed by atoms with van der Waals surface area (Å²) in [7, 11) is 1.35. The summed E-state index contributed by atoms with van der Waals surface area (Å²) in [5.41, 5.74) is 2.84. The molecule has 0 radical (unpaired) electrons. The summed E-state index contributed by atoms with van der Waals surface area (Å²) >= 11 is 0. The van der Waals surface area contributed by atoms with Crippen LogP contribution in [-0.4, -0.2) is 29.5 Å². The quantitative estimate of drug-likeness (QED) is 0.620. The Kier molecular flexibility index (Phi) is 5.37. The van der Waals surface area contributed by atoms with Gasteiger partial charge in [0.15, 0.2) is 5.69 Å². The highest BCUT2D eigenvalue weighted by Crippen LogP contribution is 2.27. The normalized spacial score (nSPS) is 10.8. The number of ether oxygens (including phenoxy) is 2. The van der Waals surface area contributed by atoms with Crippen LogP contribution < -0.4 is 4.74 Å². The molecule has 0 aliphatic carbocycles. The lowest BCUT2D eigenvalue weighted by molar-refractivity contribution is 0.0593. The molecule has 0 aliphatic heterocycles. The molecule has 0 fully saturated rings. The number of hydrogen-bond acceptors (Lipinski definition) is 4. The zero-order chi connectivity index (χ0) is 18.5. The van der Waals surface area contributed by atoms with Gasteiger partial charge in [-0.05, 0) is 36.2 Å². The van der Waals surface area contributed by atoms with Crippen molar-refractivity contribution in [1.29, 1.82) is 0 Å². The van der Waals surface area contributed by atoms with Gasteiger partial charge in [-0.25, -0.2) is 9.48 Å².